The molecule has 5 heteroatoms. The van der Waals surface area contributed by atoms with Gasteiger partial charge in [0.05, 0.1) is 5.92 Å². The minimum atomic E-state index is -0.645. The molecule has 0 bridgehead atoms. The van der Waals surface area contributed by atoms with Crippen LogP contribution in [0.25, 0.3) is 0 Å². The molecule has 0 saturated heterocycles. The van der Waals surface area contributed by atoms with Crippen LogP contribution in [0.2, 0.25) is 10.0 Å². The fourth-order valence-corrected chi connectivity index (χ4v) is 5.53. The van der Waals surface area contributed by atoms with E-state index >= 15 is 0 Å². The second kappa shape index (κ2) is 11.9. The third kappa shape index (κ3) is 7.64. The van der Waals surface area contributed by atoms with Gasteiger partial charge in [0.2, 0.25) is 0 Å². The van der Waals surface area contributed by atoms with Gasteiger partial charge in [0, 0.05) is 16.0 Å². The molecule has 4 rings (SSSR count). The number of aliphatic carboxylic acids is 1. The van der Waals surface area contributed by atoms with E-state index in [1.165, 1.54) is 17.5 Å². The highest BCUT2D eigenvalue weighted by Gasteiger charge is 2.29. The number of halogens is 2. The van der Waals surface area contributed by atoms with Crippen molar-refractivity contribution in [3.63, 3.8) is 0 Å². The molecule has 0 unspecified atom stereocenters. The summed E-state index contributed by atoms with van der Waals surface area (Å²) in [6.07, 6.45) is 7.96. The summed E-state index contributed by atoms with van der Waals surface area (Å²) >= 11 is 11.9. The van der Waals surface area contributed by atoms with Crippen molar-refractivity contribution in [3.05, 3.63) is 69.7 Å². The number of carboxylic acids is 1. The topological polar surface area (TPSA) is 54.4 Å². The number of carboxylic acid groups (broad SMARTS) is 1. The molecule has 172 valence electrons. The van der Waals surface area contributed by atoms with Gasteiger partial charge in [-0.2, -0.15) is 0 Å². The molecule has 3 nitrogen and oxygen atoms in total. The van der Waals surface area contributed by atoms with E-state index in [4.69, 9.17) is 28.3 Å². The molecule has 0 radical (unpaired) electrons. The van der Waals surface area contributed by atoms with E-state index in [-0.39, 0.29) is 5.92 Å². The van der Waals surface area contributed by atoms with Gasteiger partial charge in [-0.05, 0) is 106 Å². The Bertz CT molecular complexity index is 851. The Hall–Kier alpha value is -1.84. The standard InChI is InChI=1S/C14H17ClO.C13H15ClO2/c1-10(16)13-6-5-12(8-13)7-11-3-2-4-14(15)9-11;14-12-3-1-2-9(8-12)6-10-4-5-11(7-10)13(15)16/h2-4,9,12-13H,5-8H2,1H3;1-3,8,10-11H,4-7H2,(H,15,16)/t12-,13+;10-,11+/m00/s1. The monoisotopic (exact) mass is 474 g/mol. The lowest BCUT2D eigenvalue weighted by Crippen LogP contribution is -2.10. The zero-order valence-electron chi connectivity index (χ0n) is 18.6. The van der Waals surface area contributed by atoms with Crippen LogP contribution in [0.5, 0.6) is 0 Å². The van der Waals surface area contributed by atoms with E-state index in [0.29, 0.717) is 23.5 Å². The van der Waals surface area contributed by atoms with Crippen molar-refractivity contribution < 1.29 is 14.7 Å². The van der Waals surface area contributed by atoms with Gasteiger partial charge in [0.15, 0.2) is 0 Å². The third-order valence-electron chi connectivity index (χ3n) is 6.83. The van der Waals surface area contributed by atoms with Crippen LogP contribution >= 0.6 is 23.2 Å². The number of ketones is 1. The van der Waals surface area contributed by atoms with Gasteiger partial charge in [0.1, 0.15) is 5.78 Å². The number of Topliss-reactive ketones (excluding diaryl/α,β-unsaturated/α-hetero) is 1. The number of hydrogen-bond acceptors (Lipinski definition) is 2. The number of rotatable bonds is 6. The van der Waals surface area contributed by atoms with Gasteiger partial charge in [-0.25, -0.2) is 0 Å². The molecule has 32 heavy (non-hydrogen) atoms. The quantitative estimate of drug-likeness (QED) is 0.478. The highest BCUT2D eigenvalue weighted by molar-refractivity contribution is 6.30. The second-order valence-electron chi connectivity index (χ2n) is 9.37. The molecule has 4 atom stereocenters. The van der Waals surface area contributed by atoms with Crippen molar-refractivity contribution in [1.82, 2.24) is 0 Å². The molecule has 0 heterocycles. The fraction of sp³-hybridized carbons (Fsp3) is 0.481. The lowest BCUT2D eigenvalue weighted by molar-refractivity contribution is -0.141. The van der Waals surface area contributed by atoms with Crippen molar-refractivity contribution >= 4 is 35.0 Å². The Kier molecular flexibility index (Phi) is 9.19. The average molecular weight is 475 g/mol. The number of carbonyl (C=O) groups is 2. The van der Waals surface area contributed by atoms with Crippen molar-refractivity contribution in [2.75, 3.05) is 0 Å². The molecule has 0 aromatic heterocycles. The normalized spacial score (nSPS) is 24.6. The molecule has 2 aromatic carbocycles. The van der Waals surface area contributed by atoms with Crippen molar-refractivity contribution in [1.29, 1.82) is 0 Å². The summed E-state index contributed by atoms with van der Waals surface area (Å²) in [5.74, 6) is 1.04. The van der Waals surface area contributed by atoms with Gasteiger partial charge >= 0.3 is 5.97 Å². The molecular formula is C27H32Cl2O3. The van der Waals surface area contributed by atoms with E-state index in [1.807, 2.05) is 36.4 Å². The Balaban J connectivity index is 0.000000181. The molecule has 1 N–H and O–H groups in total. The smallest absolute Gasteiger partial charge is 0.306 e. The maximum Gasteiger partial charge on any atom is 0.306 e. The maximum absolute atomic E-state index is 11.3. The van der Waals surface area contributed by atoms with Crippen LogP contribution in [0.15, 0.2) is 48.5 Å². The second-order valence-corrected chi connectivity index (χ2v) is 10.2. The van der Waals surface area contributed by atoms with Gasteiger partial charge in [-0.1, -0.05) is 47.5 Å². The Morgan fingerprint density at radius 2 is 1.28 bits per heavy atom. The molecule has 2 fully saturated rings. The van der Waals surface area contributed by atoms with Crippen LogP contribution in [0, 0.1) is 23.7 Å². The van der Waals surface area contributed by atoms with Crippen LogP contribution in [0.3, 0.4) is 0 Å². The zero-order valence-corrected chi connectivity index (χ0v) is 20.1. The molecule has 2 aromatic rings. The largest absolute Gasteiger partial charge is 0.481 e. The van der Waals surface area contributed by atoms with E-state index in [9.17, 15) is 9.59 Å². The first-order chi connectivity index (χ1) is 15.3. The lowest BCUT2D eigenvalue weighted by Gasteiger charge is -2.10. The molecule has 0 amide bonds. The first kappa shape index (κ1) is 24.8. The van der Waals surface area contributed by atoms with Crippen LogP contribution in [-0.2, 0) is 22.4 Å². The summed E-state index contributed by atoms with van der Waals surface area (Å²) in [6.45, 7) is 1.71. The van der Waals surface area contributed by atoms with E-state index < -0.39 is 5.97 Å². The number of benzene rings is 2. The van der Waals surface area contributed by atoms with Gasteiger partial charge in [-0.3, -0.25) is 9.59 Å². The summed E-state index contributed by atoms with van der Waals surface area (Å²) in [7, 11) is 0. The van der Waals surface area contributed by atoms with E-state index in [1.54, 1.807) is 6.92 Å². The van der Waals surface area contributed by atoms with Crippen molar-refractivity contribution in [2.45, 2.75) is 58.3 Å². The lowest BCUT2D eigenvalue weighted by atomic mass is 9.96. The Morgan fingerprint density at radius 1 is 0.812 bits per heavy atom. The third-order valence-corrected chi connectivity index (χ3v) is 7.30. The van der Waals surface area contributed by atoms with Crippen molar-refractivity contribution in [3.8, 4) is 0 Å². The summed E-state index contributed by atoms with van der Waals surface area (Å²) in [4.78, 5) is 22.1. The first-order valence-corrected chi connectivity index (χ1v) is 12.3. The predicted octanol–water partition coefficient (Wildman–Crippen LogP) is 7.27. The maximum atomic E-state index is 11.3. The number of hydrogen-bond donors (Lipinski definition) is 1. The average Bonchev–Trinajstić information content (AvgIpc) is 3.39. The van der Waals surface area contributed by atoms with Crippen LogP contribution in [0.4, 0.5) is 0 Å². The van der Waals surface area contributed by atoms with E-state index in [0.717, 1.165) is 55.0 Å². The highest BCUT2D eigenvalue weighted by Crippen LogP contribution is 2.34. The highest BCUT2D eigenvalue weighted by atomic mass is 35.5. The van der Waals surface area contributed by atoms with Gasteiger partial charge < -0.3 is 5.11 Å². The zero-order chi connectivity index (χ0) is 23.1. The van der Waals surface area contributed by atoms with E-state index in [2.05, 4.69) is 12.1 Å². The fourth-order valence-electron chi connectivity index (χ4n) is 5.11. The van der Waals surface area contributed by atoms with Crippen LogP contribution in [-0.4, -0.2) is 16.9 Å². The Labute approximate surface area is 201 Å². The molecule has 2 aliphatic carbocycles. The summed E-state index contributed by atoms with van der Waals surface area (Å²) in [5, 5.41) is 10.5. The minimum Gasteiger partial charge on any atom is -0.481 e. The van der Waals surface area contributed by atoms with Gasteiger partial charge in [-0.15, -0.1) is 0 Å². The van der Waals surface area contributed by atoms with Gasteiger partial charge in [0.25, 0.3) is 0 Å². The molecule has 0 aliphatic heterocycles. The molecule has 2 aliphatic rings. The van der Waals surface area contributed by atoms with Crippen LogP contribution in [0.1, 0.15) is 56.6 Å². The SMILES string of the molecule is CC(=O)[C@@H]1CC[C@@H](Cc2cccc(Cl)c2)C1.O=C(O)[C@@H]1CC[C@@H](Cc2cccc(Cl)c2)C1. The summed E-state index contributed by atoms with van der Waals surface area (Å²) < 4.78 is 0. The van der Waals surface area contributed by atoms with Crippen LogP contribution < -0.4 is 0 Å². The molecule has 2 saturated carbocycles. The predicted molar refractivity (Wildman–Crippen MR) is 130 cm³/mol. The Morgan fingerprint density at radius 3 is 1.66 bits per heavy atom. The minimum absolute atomic E-state index is 0.135. The summed E-state index contributed by atoms with van der Waals surface area (Å²) in [6, 6.07) is 15.9. The molecular weight excluding hydrogens is 443 g/mol. The summed E-state index contributed by atoms with van der Waals surface area (Å²) in [5.41, 5.74) is 2.50. The first-order valence-electron chi connectivity index (χ1n) is 11.5. The van der Waals surface area contributed by atoms with Crippen molar-refractivity contribution in [2.24, 2.45) is 23.7 Å². The number of carbonyl (C=O) groups excluding carboxylic acids is 1. The molecule has 0 spiro atoms.